The Morgan fingerprint density at radius 3 is 2.52 bits per heavy atom. The number of halogens is 2. The van der Waals surface area contributed by atoms with Crippen molar-refractivity contribution >= 4 is 40.4 Å². The second-order valence-electron chi connectivity index (χ2n) is 4.77. The van der Waals surface area contributed by atoms with E-state index in [4.69, 9.17) is 27.9 Å². The molecule has 0 amide bonds. The van der Waals surface area contributed by atoms with Crippen molar-refractivity contribution in [3.05, 3.63) is 75.0 Å². The summed E-state index contributed by atoms with van der Waals surface area (Å²) in [6, 6.07) is 13.5. The van der Waals surface area contributed by atoms with Gasteiger partial charge in [-0.3, -0.25) is 10.1 Å². The molecule has 3 aromatic rings. The predicted octanol–water partition coefficient (Wildman–Crippen LogP) is 5.23. The number of para-hydroxylation sites is 1. The van der Waals surface area contributed by atoms with Gasteiger partial charge in [-0.2, -0.15) is 4.98 Å². The summed E-state index contributed by atoms with van der Waals surface area (Å²) in [5.41, 5.74) is -0.0379. The first-order chi connectivity index (χ1) is 12.1. The van der Waals surface area contributed by atoms with Crippen LogP contribution in [0.1, 0.15) is 0 Å². The first-order valence-corrected chi connectivity index (χ1v) is 7.75. The number of rotatable bonds is 5. The first kappa shape index (κ1) is 16.9. The van der Waals surface area contributed by atoms with Crippen LogP contribution in [0, 0.1) is 10.1 Å². The zero-order valence-electron chi connectivity index (χ0n) is 12.5. The van der Waals surface area contributed by atoms with Gasteiger partial charge in [0.15, 0.2) is 0 Å². The van der Waals surface area contributed by atoms with Gasteiger partial charge in [-0.15, -0.1) is 0 Å². The third-order valence-corrected chi connectivity index (χ3v) is 3.95. The van der Waals surface area contributed by atoms with E-state index in [9.17, 15) is 10.1 Å². The van der Waals surface area contributed by atoms with Gasteiger partial charge in [-0.1, -0.05) is 47.5 Å². The molecule has 0 fully saturated rings. The quantitative estimate of drug-likeness (QED) is 0.484. The van der Waals surface area contributed by atoms with Crippen molar-refractivity contribution in [2.24, 2.45) is 0 Å². The number of nitro groups is 1. The van der Waals surface area contributed by atoms with Crippen LogP contribution >= 0.6 is 23.2 Å². The molecule has 0 aliphatic carbocycles. The number of aromatic nitrogens is 2. The summed E-state index contributed by atoms with van der Waals surface area (Å²) in [5, 5.41) is 14.9. The Balaban J connectivity index is 2.01. The van der Waals surface area contributed by atoms with Gasteiger partial charge in [0.25, 0.3) is 0 Å². The van der Waals surface area contributed by atoms with Crippen molar-refractivity contribution in [1.82, 2.24) is 9.97 Å². The summed E-state index contributed by atoms with van der Waals surface area (Å²) in [5.74, 6) is 0.165. The SMILES string of the molecule is O=[N+]([O-])c1c(Nc2cccc(Cl)c2Cl)ncnc1Oc1ccccc1. The Hall–Kier alpha value is -2.90. The van der Waals surface area contributed by atoms with E-state index in [0.29, 0.717) is 16.5 Å². The van der Waals surface area contributed by atoms with E-state index in [0.717, 1.165) is 6.33 Å². The van der Waals surface area contributed by atoms with E-state index in [1.54, 1.807) is 48.5 Å². The molecule has 7 nitrogen and oxygen atoms in total. The molecule has 9 heteroatoms. The lowest BCUT2D eigenvalue weighted by atomic mass is 10.3. The van der Waals surface area contributed by atoms with E-state index >= 15 is 0 Å². The van der Waals surface area contributed by atoms with Gasteiger partial charge in [0.1, 0.15) is 12.1 Å². The van der Waals surface area contributed by atoms with E-state index in [2.05, 4.69) is 15.3 Å². The molecule has 2 aromatic carbocycles. The minimum absolute atomic E-state index is 0.0601. The molecule has 3 rings (SSSR count). The molecule has 0 radical (unpaired) electrons. The fourth-order valence-corrected chi connectivity index (χ4v) is 2.37. The number of anilines is 2. The fourth-order valence-electron chi connectivity index (χ4n) is 2.02. The summed E-state index contributed by atoms with van der Waals surface area (Å²) < 4.78 is 5.51. The number of hydrogen-bond donors (Lipinski definition) is 1. The Morgan fingerprint density at radius 1 is 1.04 bits per heavy atom. The van der Waals surface area contributed by atoms with Gasteiger partial charge in [0.2, 0.25) is 5.82 Å². The third-order valence-electron chi connectivity index (χ3n) is 3.13. The van der Waals surface area contributed by atoms with Gasteiger partial charge in [0, 0.05) is 0 Å². The summed E-state index contributed by atoms with van der Waals surface area (Å²) >= 11 is 12.1. The molecule has 1 heterocycles. The van der Waals surface area contributed by atoms with Crippen LogP contribution < -0.4 is 10.1 Å². The van der Waals surface area contributed by atoms with Crippen LogP contribution in [-0.4, -0.2) is 14.9 Å². The Labute approximate surface area is 152 Å². The molecule has 0 atom stereocenters. The number of ether oxygens (including phenoxy) is 1. The molecule has 0 unspecified atom stereocenters. The second kappa shape index (κ2) is 7.33. The topological polar surface area (TPSA) is 90.2 Å². The Morgan fingerprint density at radius 2 is 1.80 bits per heavy atom. The monoisotopic (exact) mass is 376 g/mol. The second-order valence-corrected chi connectivity index (χ2v) is 5.56. The fraction of sp³-hybridized carbons (Fsp3) is 0. The highest BCUT2D eigenvalue weighted by atomic mass is 35.5. The van der Waals surface area contributed by atoms with Gasteiger partial charge in [0.05, 0.1) is 20.7 Å². The lowest BCUT2D eigenvalue weighted by Crippen LogP contribution is -2.03. The molecule has 0 saturated heterocycles. The first-order valence-electron chi connectivity index (χ1n) is 6.99. The standard InChI is InChI=1S/C16H10Cl2N4O3/c17-11-7-4-8-12(13(11)18)21-15-14(22(23)24)16(20-9-19-15)25-10-5-2-1-3-6-10/h1-9H,(H,19,20,21). The maximum atomic E-state index is 11.5. The minimum atomic E-state index is -0.626. The molecule has 1 N–H and O–H groups in total. The highest BCUT2D eigenvalue weighted by molar-refractivity contribution is 6.43. The molecule has 0 saturated carbocycles. The summed E-state index contributed by atoms with van der Waals surface area (Å²) in [6.07, 6.45) is 1.16. The summed E-state index contributed by atoms with van der Waals surface area (Å²) in [4.78, 5) is 18.7. The lowest BCUT2D eigenvalue weighted by Gasteiger charge is -2.10. The van der Waals surface area contributed by atoms with Crippen LogP contribution in [0.15, 0.2) is 54.9 Å². The highest BCUT2D eigenvalue weighted by Crippen LogP contribution is 2.38. The van der Waals surface area contributed by atoms with Crippen molar-refractivity contribution in [2.45, 2.75) is 0 Å². The number of hydrogen-bond acceptors (Lipinski definition) is 6. The van der Waals surface area contributed by atoms with Crippen LogP contribution in [0.2, 0.25) is 10.0 Å². The highest BCUT2D eigenvalue weighted by Gasteiger charge is 2.25. The van der Waals surface area contributed by atoms with Crippen molar-refractivity contribution in [3.63, 3.8) is 0 Å². The number of nitrogens with one attached hydrogen (secondary N) is 1. The van der Waals surface area contributed by atoms with E-state index in [1.807, 2.05) is 0 Å². The van der Waals surface area contributed by atoms with Crippen LogP contribution in [0.4, 0.5) is 17.2 Å². The minimum Gasteiger partial charge on any atom is -0.434 e. The molecular formula is C16H10Cl2N4O3. The summed E-state index contributed by atoms with van der Waals surface area (Å²) in [7, 11) is 0. The largest absolute Gasteiger partial charge is 0.434 e. The molecule has 1 aromatic heterocycles. The van der Waals surface area contributed by atoms with Crippen molar-refractivity contribution < 1.29 is 9.66 Å². The third kappa shape index (κ3) is 3.78. The van der Waals surface area contributed by atoms with Crippen molar-refractivity contribution in [2.75, 3.05) is 5.32 Å². The van der Waals surface area contributed by atoms with Gasteiger partial charge in [-0.25, -0.2) is 4.98 Å². The van der Waals surface area contributed by atoms with Crippen LogP contribution in [0.5, 0.6) is 11.6 Å². The molecule has 25 heavy (non-hydrogen) atoms. The Bertz CT molecular complexity index is 923. The zero-order valence-corrected chi connectivity index (χ0v) is 14.0. The van der Waals surface area contributed by atoms with Gasteiger partial charge < -0.3 is 10.1 Å². The number of nitrogens with zero attached hydrogens (tertiary/aromatic N) is 3. The lowest BCUT2D eigenvalue weighted by molar-refractivity contribution is -0.385. The van der Waals surface area contributed by atoms with Crippen LogP contribution in [0.3, 0.4) is 0 Å². The summed E-state index contributed by atoms with van der Waals surface area (Å²) in [6.45, 7) is 0. The molecule has 0 bridgehead atoms. The molecule has 126 valence electrons. The maximum Gasteiger partial charge on any atom is 0.373 e. The van der Waals surface area contributed by atoms with Crippen molar-refractivity contribution in [3.8, 4) is 11.6 Å². The normalized spacial score (nSPS) is 10.3. The average molecular weight is 377 g/mol. The van der Waals surface area contributed by atoms with Crippen LogP contribution in [0.25, 0.3) is 0 Å². The van der Waals surface area contributed by atoms with Gasteiger partial charge >= 0.3 is 11.6 Å². The molecular weight excluding hydrogens is 367 g/mol. The maximum absolute atomic E-state index is 11.5. The molecule has 0 spiro atoms. The Kier molecular flexibility index (Phi) is 4.97. The molecule has 0 aliphatic rings. The molecule has 0 aliphatic heterocycles. The van der Waals surface area contributed by atoms with Crippen LogP contribution in [-0.2, 0) is 0 Å². The number of benzene rings is 2. The van der Waals surface area contributed by atoms with Gasteiger partial charge in [-0.05, 0) is 24.3 Å². The van der Waals surface area contributed by atoms with E-state index in [-0.39, 0.29) is 16.7 Å². The van der Waals surface area contributed by atoms with E-state index < -0.39 is 10.6 Å². The van der Waals surface area contributed by atoms with E-state index in [1.165, 1.54) is 0 Å². The smallest absolute Gasteiger partial charge is 0.373 e. The zero-order chi connectivity index (χ0) is 17.8. The average Bonchev–Trinajstić information content (AvgIpc) is 2.60. The predicted molar refractivity (Wildman–Crippen MR) is 94.9 cm³/mol. The van der Waals surface area contributed by atoms with Crippen molar-refractivity contribution in [1.29, 1.82) is 0 Å².